The number of thioether (sulfide) groups is 1. The van der Waals surface area contributed by atoms with Crippen LogP contribution in [0.5, 0.6) is 0 Å². The van der Waals surface area contributed by atoms with Gasteiger partial charge in [-0.05, 0) is 54.9 Å². The molecule has 2 bridgehead atoms. The third kappa shape index (κ3) is 7.48. The van der Waals surface area contributed by atoms with E-state index < -0.39 is 94.1 Å². The summed E-state index contributed by atoms with van der Waals surface area (Å²) in [5.41, 5.74) is -4.16. The predicted molar refractivity (Wildman–Crippen MR) is 204 cm³/mol. The van der Waals surface area contributed by atoms with Crippen molar-refractivity contribution in [1.82, 2.24) is 5.32 Å². The summed E-state index contributed by atoms with van der Waals surface area (Å²) in [6.45, 7) is 10.0. The largest absolute Gasteiger partial charge is 0.456 e. The molecule has 1 amide bonds. The maximum absolute atomic E-state index is 15.3. The van der Waals surface area contributed by atoms with Crippen molar-refractivity contribution in [3.05, 3.63) is 82.9 Å². The summed E-state index contributed by atoms with van der Waals surface area (Å²) in [4.78, 5) is 56.1. The number of hydrogen-bond acceptors (Lipinski definition) is 12. The third-order valence-corrected chi connectivity index (χ3v) is 13.4. The number of aliphatic hydroxyl groups is 2. The minimum absolute atomic E-state index is 0. The summed E-state index contributed by atoms with van der Waals surface area (Å²) in [6.07, 6.45) is -3.34. The first-order valence-electron chi connectivity index (χ1n) is 18.7. The molecule has 3 aliphatic carbocycles. The fraction of sp³-hybridized carbons (Fsp3) is 0.571. The number of nitrogens with one attached hydrogen (secondary N) is 1. The molecule has 56 heavy (non-hydrogen) atoms. The number of benzene rings is 2. The number of ether oxygens (including phenoxy) is 5. The van der Waals surface area contributed by atoms with Crippen molar-refractivity contribution < 1.29 is 97.1 Å². The Labute approximate surface area is 368 Å². The zero-order valence-corrected chi connectivity index (χ0v) is 38.8. The Kier molecular flexibility index (Phi) is 13.8. The van der Waals surface area contributed by atoms with E-state index in [4.69, 9.17) is 23.7 Å². The topological polar surface area (TPSA) is 167 Å². The summed E-state index contributed by atoms with van der Waals surface area (Å²) in [5.74, 6) is -3.88. The molecule has 1 radical (unpaired) electrons. The van der Waals surface area contributed by atoms with Gasteiger partial charge in [0.25, 0.3) is 5.91 Å². The normalized spacial score (nSPS) is 34.1. The van der Waals surface area contributed by atoms with Gasteiger partial charge in [0, 0.05) is 87.8 Å². The van der Waals surface area contributed by atoms with Crippen LogP contribution in [0.1, 0.15) is 76.3 Å². The fourth-order valence-electron chi connectivity index (χ4n) is 10.1. The van der Waals surface area contributed by atoms with Crippen LogP contribution in [-0.2, 0) is 38.1 Å². The van der Waals surface area contributed by atoms with Gasteiger partial charge in [0.1, 0.15) is 11.7 Å². The molecule has 1 saturated heterocycles. The van der Waals surface area contributed by atoms with Crippen molar-refractivity contribution in [2.45, 2.75) is 102 Å². The Morgan fingerprint density at radius 3 is 2.20 bits per heavy atom. The van der Waals surface area contributed by atoms with Gasteiger partial charge in [0.2, 0.25) is 0 Å². The summed E-state index contributed by atoms with van der Waals surface area (Å²) in [7, 11) is 1.35. The molecule has 11 atom stereocenters. The number of fused-ring (bicyclic) bond motifs is 5. The maximum atomic E-state index is 15.3. The van der Waals surface area contributed by atoms with Crippen LogP contribution >= 0.6 is 11.8 Å². The molecular weight excluding hydrogens is 954 g/mol. The maximum Gasteiger partial charge on any atom is 0.338 e. The van der Waals surface area contributed by atoms with Gasteiger partial charge in [-0.2, -0.15) is 0 Å². The van der Waals surface area contributed by atoms with Crippen molar-refractivity contribution in [3.63, 3.8) is 0 Å². The van der Waals surface area contributed by atoms with Crippen LogP contribution in [0, 0.1) is 66.7 Å². The zero-order chi connectivity index (χ0) is 40.1. The fourth-order valence-corrected chi connectivity index (χ4v) is 10.4. The molecule has 14 heteroatoms. The van der Waals surface area contributed by atoms with Crippen LogP contribution in [0.25, 0.3) is 0 Å². The van der Waals surface area contributed by atoms with Crippen molar-refractivity contribution >= 4 is 35.4 Å². The summed E-state index contributed by atoms with van der Waals surface area (Å²) < 4.78 is 30.2. The molecule has 0 spiro atoms. The van der Waals surface area contributed by atoms with E-state index in [9.17, 15) is 24.6 Å². The summed E-state index contributed by atoms with van der Waals surface area (Å²) in [6, 6.07) is 16.5. The Hall–Kier alpha value is -2.15. The van der Waals surface area contributed by atoms with Gasteiger partial charge in [0.15, 0.2) is 18.0 Å². The molecular formula is C42H53AcNO11S. The first-order chi connectivity index (χ1) is 26.0. The van der Waals surface area contributed by atoms with Crippen molar-refractivity contribution in [2.24, 2.45) is 22.7 Å². The smallest absolute Gasteiger partial charge is 0.338 e. The Morgan fingerprint density at radius 1 is 1.02 bits per heavy atom. The van der Waals surface area contributed by atoms with Crippen LogP contribution in [0.4, 0.5) is 0 Å². The van der Waals surface area contributed by atoms with E-state index in [1.165, 1.54) is 25.8 Å². The first kappa shape index (κ1) is 44.9. The summed E-state index contributed by atoms with van der Waals surface area (Å²) in [5, 5.41) is 28.6. The van der Waals surface area contributed by atoms with E-state index in [1.54, 1.807) is 82.3 Å². The van der Waals surface area contributed by atoms with Gasteiger partial charge >= 0.3 is 11.9 Å². The molecule has 1 heterocycles. The second-order valence-corrected chi connectivity index (χ2v) is 17.0. The molecule has 301 valence electrons. The molecule has 6 rings (SSSR count). The quantitative estimate of drug-likeness (QED) is 0.163. The number of Topliss-reactive ketones (excluding diaryl/α,β-unsaturated/α-hetero) is 1. The number of carbonyl (C=O) groups excluding carboxylic acids is 4. The molecule has 12 nitrogen and oxygen atoms in total. The Morgan fingerprint density at radius 2 is 1.64 bits per heavy atom. The monoisotopic (exact) mass is 1010 g/mol. The van der Waals surface area contributed by atoms with E-state index in [1.807, 2.05) is 19.2 Å². The Balaban J connectivity index is 0.00000600. The molecule has 3 N–H and O–H groups in total. The SMILES string of the molecule is COC(C(=O)OC1CC2(O)[C@@H](C)C3[C@]4(O)COC4CC(OCSC)[C@@]3(C)C(=O)C(OC(C)=O)C(=C1C)C2(C)C)C(NC(=O)c1ccccc1)c1ccccc1.[Ac]. The molecule has 1 aliphatic heterocycles. The van der Waals surface area contributed by atoms with E-state index >= 15 is 4.79 Å². The van der Waals surface area contributed by atoms with E-state index in [2.05, 4.69) is 5.32 Å². The van der Waals surface area contributed by atoms with Crippen molar-refractivity contribution in [1.29, 1.82) is 0 Å². The minimum Gasteiger partial charge on any atom is -0.456 e. The minimum atomic E-state index is -1.74. The number of ketones is 1. The van der Waals surface area contributed by atoms with E-state index in [0.717, 1.165) is 0 Å². The van der Waals surface area contributed by atoms with E-state index in [0.29, 0.717) is 22.3 Å². The number of esters is 2. The summed E-state index contributed by atoms with van der Waals surface area (Å²) >= 11 is 1.44. The third-order valence-electron chi connectivity index (χ3n) is 13.0. The molecule has 2 saturated carbocycles. The molecule has 0 aromatic heterocycles. The average molecular weight is 1010 g/mol. The van der Waals surface area contributed by atoms with Crippen molar-refractivity contribution in [2.75, 3.05) is 25.9 Å². The number of rotatable bonds is 11. The van der Waals surface area contributed by atoms with Gasteiger partial charge in [-0.25, -0.2) is 4.79 Å². The molecule has 8 unspecified atom stereocenters. The number of hydrogen-bond donors (Lipinski definition) is 3. The van der Waals surface area contributed by atoms with Gasteiger partial charge in [-0.15, -0.1) is 11.8 Å². The van der Waals surface area contributed by atoms with Crippen molar-refractivity contribution in [3.8, 4) is 0 Å². The standard InChI is InChI=1S/C42H53NO11S.Ac/c1-23-28(54-38(47)34(50-7)32(26-15-11-9-12-16-26)43-37(46)27-17-13-10-14-18-27)20-42(49)24(2)35-40(6,29(52-22-55-8)19-30-41(35,48)21-51-30)36(45)33(53-25(3)44)31(23)39(42,4)5;/h9-18,24,28-30,32-35,48-49H,19-22H2,1-8H3,(H,43,46);/t24-,28?,29?,30?,32?,33?,34?,35?,40+,41-,42?;/m0./s1. The molecule has 2 aromatic carbocycles. The number of carbonyl (C=O) groups is 4. The van der Waals surface area contributed by atoms with Crippen LogP contribution in [0.3, 0.4) is 0 Å². The zero-order valence-electron chi connectivity index (χ0n) is 33.3. The predicted octanol–water partition coefficient (Wildman–Crippen LogP) is 4.57. The van der Waals surface area contributed by atoms with Crippen LogP contribution in [0.2, 0.25) is 0 Å². The average Bonchev–Trinajstić information content (AvgIpc) is 3.15. The van der Waals surface area contributed by atoms with E-state index in [-0.39, 0.29) is 69.4 Å². The van der Waals surface area contributed by atoms with Crippen LogP contribution < -0.4 is 5.32 Å². The van der Waals surface area contributed by atoms with Crippen LogP contribution in [0.15, 0.2) is 71.8 Å². The van der Waals surface area contributed by atoms with Gasteiger partial charge in [-0.1, -0.05) is 69.3 Å². The van der Waals surface area contributed by atoms with Gasteiger partial charge < -0.3 is 39.2 Å². The second kappa shape index (κ2) is 17.2. The van der Waals surface area contributed by atoms with Crippen LogP contribution in [-0.4, -0.2) is 101 Å². The van der Waals surface area contributed by atoms with Gasteiger partial charge in [0.05, 0.1) is 41.8 Å². The number of amides is 1. The molecule has 3 fully saturated rings. The second-order valence-electron chi connectivity index (χ2n) is 16.2. The number of methoxy groups -OCH3 is 1. The molecule has 2 aromatic rings. The van der Waals surface area contributed by atoms with Gasteiger partial charge in [-0.3, -0.25) is 14.4 Å². The Bertz CT molecular complexity index is 1830. The molecule has 4 aliphatic rings. The first-order valence-corrected chi connectivity index (χ1v) is 20.1.